The normalized spacial score (nSPS) is 16.0. The van der Waals surface area contributed by atoms with Gasteiger partial charge in [0.1, 0.15) is 29.6 Å². The maximum atomic E-state index is 13.5. The molecule has 11 heteroatoms. The number of nitrogens with zero attached hydrogens (tertiary/aromatic N) is 2. The Morgan fingerprint density at radius 2 is 1.80 bits per heavy atom. The van der Waals surface area contributed by atoms with Gasteiger partial charge in [-0.25, -0.2) is 9.78 Å². The zero-order chi connectivity index (χ0) is 29.7. The van der Waals surface area contributed by atoms with Crippen molar-refractivity contribution in [3.8, 4) is 17.2 Å². The fraction of sp³-hybridized carbons (Fsp3) is 0.200. The van der Waals surface area contributed by atoms with E-state index >= 15 is 0 Å². The van der Waals surface area contributed by atoms with Crippen molar-refractivity contribution in [3.63, 3.8) is 0 Å². The molecule has 41 heavy (non-hydrogen) atoms. The van der Waals surface area contributed by atoms with Crippen LogP contribution in [0.25, 0.3) is 5.76 Å². The number of ether oxygens (including phenoxy) is 3. The van der Waals surface area contributed by atoms with Crippen molar-refractivity contribution < 1.29 is 38.8 Å². The molecule has 212 valence electrons. The number of aryl methyl sites for hydroxylation is 1. The summed E-state index contributed by atoms with van der Waals surface area (Å²) in [5.41, 5.74) is 0.732. The van der Waals surface area contributed by atoms with E-state index in [1.807, 2.05) is 0 Å². The Labute approximate surface area is 240 Å². The first-order valence-corrected chi connectivity index (χ1v) is 13.4. The number of carbonyl (C=O) groups excluding carboxylic acids is 3. The van der Waals surface area contributed by atoms with Crippen LogP contribution >= 0.6 is 11.3 Å². The Bertz CT molecular complexity index is 1540. The van der Waals surface area contributed by atoms with Gasteiger partial charge < -0.3 is 24.4 Å². The average Bonchev–Trinajstić information content (AvgIpc) is 3.48. The van der Waals surface area contributed by atoms with Crippen molar-refractivity contribution in [2.75, 3.05) is 24.7 Å². The Kier molecular flexibility index (Phi) is 8.88. The number of aromatic hydroxyl groups is 1. The Morgan fingerprint density at radius 3 is 2.46 bits per heavy atom. The molecule has 1 aliphatic rings. The van der Waals surface area contributed by atoms with Crippen molar-refractivity contribution in [3.05, 3.63) is 95.0 Å². The smallest absolute Gasteiger partial charge is 0.350 e. The molecule has 1 aliphatic heterocycles. The molecule has 2 N–H and O–H groups in total. The van der Waals surface area contributed by atoms with Crippen LogP contribution in [0.15, 0.2) is 73.3 Å². The number of thiazole rings is 1. The van der Waals surface area contributed by atoms with E-state index in [1.54, 1.807) is 44.2 Å². The van der Waals surface area contributed by atoms with Crippen molar-refractivity contribution in [2.45, 2.75) is 19.9 Å². The molecule has 0 spiro atoms. The predicted molar refractivity (Wildman–Crippen MR) is 154 cm³/mol. The molecule has 0 radical (unpaired) electrons. The summed E-state index contributed by atoms with van der Waals surface area (Å²) in [6, 6.07) is 9.56. The van der Waals surface area contributed by atoms with Crippen LogP contribution in [-0.2, 0) is 14.3 Å². The lowest BCUT2D eigenvalue weighted by molar-refractivity contribution is -0.132. The van der Waals surface area contributed by atoms with Crippen LogP contribution in [0.3, 0.4) is 0 Å². The molecule has 0 bridgehead atoms. The van der Waals surface area contributed by atoms with Gasteiger partial charge in [-0.2, -0.15) is 0 Å². The number of benzene rings is 2. The van der Waals surface area contributed by atoms with E-state index in [4.69, 9.17) is 14.2 Å². The van der Waals surface area contributed by atoms with Crippen molar-refractivity contribution in [1.82, 2.24) is 4.98 Å². The van der Waals surface area contributed by atoms with Gasteiger partial charge >= 0.3 is 11.9 Å². The second-order valence-electron chi connectivity index (χ2n) is 8.75. The highest BCUT2D eigenvalue weighted by atomic mass is 32.1. The van der Waals surface area contributed by atoms with Crippen LogP contribution in [0.4, 0.5) is 5.13 Å². The van der Waals surface area contributed by atoms with E-state index in [-0.39, 0.29) is 52.5 Å². The molecule has 2 heterocycles. The Morgan fingerprint density at radius 1 is 1.10 bits per heavy atom. The number of hydrogen-bond acceptors (Lipinski definition) is 10. The number of anilines is 1. The number of carbonyl (C=O) groups is 3. The van der Waals surface area contributed by atoms with Gasteiger partial charge in [-0.3, -0.25) is 14.5 Å². The monoisotopic (exact) mass is 576 g/mol. The van der Waals surface area contributed by atoms with Gasteiger partial charge in [0, 0.05) is 5.56 Å². The molecular weight excluding hydrogens is 548 g/mol. The van der Waals surface area contributed by atoms with Gasteiger partial charge in [-0.15, -0.1) is 0 Å². The second kappa shape index (κ2) is 12.5. The number of phenolic OH excluding ortho intramolecular Hbond substituents is 1. The summed E-state index contributed by atoms with van der Waals surface area (Å²) in [5.74, 6) is -2.46. The zero-order valence-electron chi connectivity index (χ0n) is 22.5. The van der Waals surface area contributed by atoms with Gasteiger partial charge in [0.05, 0.1) is 23.9 Å². The van der Waals surface area contributed by atoms with Crippen LogP contribution < -0.4 is 14.4 Å². The maximum absolute atomic E-state index is 13.5. The Balaban J connectivity index is 1.87. The molecule has 4 rings (SSSR count). The first-order chi connectivity index (χ1) is 19.7. The minimum Gasteiger partial charge on any atom is -0.507 e. The quantitative estimate of drug-likeness (QED) is 0.105. The molecule has 1 unspecified atom stereocenters. The molecule has 0 saturated carbocycles. The topological polar surface area (TPSA) is 135 Å². The second-order valence-corrected chi connectivity index (χ2v) is 9.73. The summed E-state index contributed by atoms with van der Waals surface area (Å²) in [7, 11) is 0. The standard InChI is InChI=1S/C30H28N2O8S/c1-5-14-39-20-11-8-18(9-12-20)25(34)23-24(19-10-13-21(33)22(16-19)38-7-3)32(28(36)26(23)35)30-31-17(4)27(41-30)29(37)40-15-6-2/h5-6,8-13,16,24,33-34H,1-2,7,14-15H2,3-4H3/b25-23+. The summed E-state index contributed by atoms with van der Waals surface area (Å²) < 4.78 is 16.2. The summed E-state index contributed by atoms with van der Waals surface area (Å²) in [6.45, 7) is 11.0. The van der Waals surface area contributed by atoms with E-state index in [2.05, 4.69) is 18.1 Å². The number of rotatable bonds is 11. The van der Waals surface area contributed by atoms with Crippen LogP contribution in [0.2, 0.25) is 0 Å². The molecule has 1 amide bonds. The fourth-order valence-electron chi connectivity index (χ4n) is 4.21. The number of amides is 1. The number of aliphatic hydroxyl groups excluding tert-OH is 1. The molecule has 1 atom stereocenters. The van der Waals surface area contributed by atoms with Crippen molar-refractivity contribution in [1.29, 1.82) is 0 Å². The van der Waals surface area contributed by atoms with Crippen LogP contribution in [0.1, 0.15) is 39.5 Å². The van der Waals surface area contributed by atoms with E-state index in [0.717, 1.165) is 16.2 Å². The average molecular weight is 577 g/mol. The fourth-order valence-corrected chi connectivity index (χ4v) is 5.20. The SMILES string of the molecule is C=CCOC(=O)c1sc(N2C(=O)C(=O)/C(=C(/O)c3ccc(OCC=C)cc3)C2c2ccc(O)c(OCC)c2)nc1C. The first-order valence-electron chi connectivity index (χ1n) is 12.6. The number of aromatic nitrogens is 1. The van der Waals surface area contributed by atoms with Crippen molar-refractivity contribution in [2.24, 2.45) is 0 Å². The summed E-state index contributed by atoms with van der Waals surface area (Å²) in [6.07, 6.45) is 3.01. The highest BCUT2D eigenvalue weighted by Crippen LogP contribution is 2.45. The van der Waals surface area contributed by atoms with Crippen LogP contribution in [-0.4, -0.2) is 52.7 Å². The van der Waals surface area contributed by atoms with Gasteiger partial charge in [0.25, 0.3) is 5.78 Å². The van der Waals surface area contributed by atoms with Gasteiger partial charge in [0.2, 0.25) is 0 Å². The number of phenols is 1. The summed E-state index contributed by atoms with van der Waals surface area (Å²) >= 11 is 0.880. The first kappa shape index (κ1) is 29.1. The van der Waals surface area contributed by atoms with Crippen molar-refractivity contribution >= 4 is 39.9 Å². The number of Topliss-reactive ketones (excluding diaryl/α,β-unsaturated/α-hetero) is 1. The van der Waals surface area contributed by atoms with Gasteiger partial charge in [-0.1, -0.05) is 42.7 Å². The molecule has 1 aromatic heterocycles. The number of hydrogen-bond donors (Lipinski definition) is 2. The third-order valence-electron chi connectivity index (χ3n) is 6.05. The molecular formula is C30H28N2O8S. The molecule has 3 aromatic rings. The Hall–Kier alpha value is -4.90. The molecule has 1 fully saturated rings. The van der Waals surface area contributed by atoms with E-state index in [9.17, 15) is 24.6 Å². The lowest BCUT2D eigenvalue weighted by atomic mass is 9.95. The minimum atomic E-state index is -1.16. The summed E-state index contributed by atoms with van der Waals surface area (Å²) in [5, 5.41) is 21.7. The highest BCUT2D eigenvalue weighted by Gasteiger charge is 2.48. The lowest BCUT2D eigenvalue weighted by Crippen LogP contribution is -2.29. The van der Waals surface area contributed by atoms with Crippen LogP contribution in [0, 0.1) is 6.92 Å². The highest BCUT2D eigenvalue weighted by molar-refractivity contribution is 7.17. The minimum absolute atomic E-state index is 0.0127. The molecule has 1 saturated heterocycles. The number of aliphatic hydroxyl groups is 1. The third-order valence-corrected chi connectivity index (χ3v) is 7.19. The zero-order valence-corrected chi connectivity index (χ0v) is 23.3. The molecule has 2 aromatic carbocycles. The van der Waals surface area contributed by atoms with Gasteiger partial charge in [0.15, 0.2) is 16.6 Å². The largest absolute Gasteiger partial charge is 0.507 e. The maximum Gasteiger partial charge on any atom is 0.350 e. The van der Waals surface area contributed by atoms with E-state index in [1.165, 1.54) is 24.3 Å². The van der Waals surface area contributed by atoms with E-state index < -0.39 is 29.5 Å². The van der Waals surface area contributed by atoms with Crippen LogP contribution in [0.5, 0.6) is 17.2 Å². The van der Waals surface area contributed by atoms with Gasteiger partial charge in [-0.05, 0) is 55.8 Å². The number of esters is 1. The summed E-state index contributed by atoms with van der Waals surface area (Å²) in [4.78, 5) is 45.2. The third kappa shape index (κ3) is 5.85. The number of ketones is 1. The molecule has 0 aliphatic carbocycles. The lowest BCUT2D eigenvalue weighted by Gasteiger charge is -2.23. The molecule has 10 nitrogen and oxygen atoms in total. The van der Waals surface area contributed by atoms with E-state index in [0.29, 0.717) is 17.0 Å². The predicted octanol–water partition coefficient (Wildman–Crippen LogP) is 5.09.